The molecular weight excluding hydrogens is 263 g/mol. The van der Waals surface area contributed by atoms with Gasteiger partial charge in [0.15, 0.2) is 5.96 Å². The van der Waals surface area contributed by atoms with Gasteiger partial charge in [0.2, 0.25) is 0 Å². The lowest BCUT2D eigenvalue weighted by Crippen LogP contribution is -2.51. The van der Waals surface area contributed by atoms with Gasteiger partial charge in [-0.1, -0.05) is 0 Å². The molecule has 1 aliphatic heterocycles. The molecule has 0 unspecified atom stereocenters. The van der Waals surface area contributed by atoms with Gasteiger partial charge in [0, 0.05) is 37.2 Å². The van der Waals surface area contributed by atoms with Crippen molar-refractivity contribution in [2.24, 2.45) is 4.99 Å². The SMILES string of the molecule is CN=C(NCCC(F)(F)F)N1CCSC(C)(C)C1. The highest BCUT2D eigenvalue weighted by Crippen LogP contribution is 2.29. The van der Waals surface area contributed by atoms with Gasteiger partial charge in [-0.2, -0.15) is 24.9 Å². The molecule has 0 saturated carbocycles. The molecule has 1 N–H and O–H groups in total. The molecule has 7 heteroatoms. The summed E-state index contributed by atoms with van der Waals surface area (Å²) >= 11 is 1.88. The highest BCUT2D eigenvalue weighted by molar-refractivity contribution is 8.00. The van der Waals surface area contributed by atoms with E-state index in [0.717, 1.165) is 18.8 Å². The monoisotopic (exact) mass is 283 g/mol. The van der Waals surface area contributed by atoms with Crippen molar-refractivity contribution in [3.05, 3.63) is 0 Å². The van der Waals surface area contributed by atoms with E-state index in [-0.39, 0.29) is 11.3 Å². The first-order valence-electron chi connectivity index (χ1n) is 5.90. The van der Waals surface area contributed by atoms with E-state index < -0.39 is 12.6 Å². The fourth-order valence-electron chi connectivity index (χ4n) is 1.85. The average Bonchev–Trinajstić information content (AvgIpc) is 2.21. The van der Waals surface area contributed by atoms with E-state index in [4.69, 9.17) is 0 Å². The number of guanidine groups is 1. The second-order valence-corrected chi connectivity index (χ2v) is 6.67. The van der Waals surface area contributed by atoms with Gasteiger partial charge in [-0.05, 0) is 13.8 Å². The smallest absolute Gasteiger partial charge is 0.356 e. The van der Waals surface area contributed by atoms with E-state index in [9.17, 15) is 13.2 Å². The first kappa shape index (κ1) is 15.5. The predicted octanol–water partition coefficient (Wildman–Crippen LogP) is 2.34. The van der Waals surface area contributed by atoms with Crippen LogP contribution in [0, 0.1) is 0 Å². The summed E-state index contributed by atoms with van der Waals surface area (Å²) in [5.41, 5.74) is 0. The Balaban J connectivity index is 2.47. The Morgan fingerprint density at radius 1 is 1.44 bits per heavy atom. The van der Waals surface area contributed by atoms with Crippen molar-refractivity contribution in [1.29, 1.82) is 0 Å². The van der Waals surface area contributed by atoms with Gasteiger partial charge in [0.25, 0.3) is 0 Å². The first-order chi connectivity index (χ1) is 8.23. The van der Waals surface area contributed by atoms with Crippen LogP contribution in [0.2, 0.25) is 0 Å². The summed E-state index contributed by atoms with van der Waals surface area (Å²) in [7, 11) is 1.60. The predicted molar refractivity (Wildman–Crippen MR) is 70.1 cm³/mol. The maximum absolute atomic E-state index is 12.1. The van der Waals surface area contributed by atoms with Crippen LogP contribution in [0.5, 0.6) is 0 Å². The summed E-state index contributed by atoms with van der Waals surface area (Å²) in [4.78, 5) is 6.07. The molecule has 1 heterocycles. The molecule has 0 aromatic rings. The van der Waals surface area contributed by atoms with Crippen LogP contribution in [0.3, 0.4) is 0 Å². The van der Waals surface area contributed by atoms with Crippen molar-refractivity contribution in [3.63, 3.8) is 0 Å². The summed E-state index contributed by atoms with van der Waals surface area (Å²) in [6.45, 7) is 5.75. The molecule has 1 aliphatic rings. The third-order valence-electron chi connectivity index (χ3n) is 2.63. The maximum atomic E-state index is 12.1. The molecule has 106 valence electrons. The molecule has 3 nitrogen and oxygen atoms in total. The minimum absolute atomic E-state index is 0.111. The standard InChI is InChI=1S/C11H20F3N3S/c1-10(2)8-17(6-7-18-10)9(15-3)16-5-4-11(12,13)14/h4-8H2,1-3H3,(H,15,16). The van der Waals surface area contributed by atoms with Crippen molar-refractivity contribution in [3.8, 4) is 0 Å². The fraction of sp³-hybridized carbons (Fsp3) is 0.909. The van der Waals surface area contributed by atoms with E-state index >= 15 is 0 Å². The normalized spacial score (nSPS) is 21.0. The Morgan fingerprint density at radius 3 is 2.61 bits per heavy atom. The average molecular weight is 283 g/mol. The number of alkyl halides is 3. The van der Waals surface area contributed by atoms with Crippen LogP contribution in [0.4, 0.5) is 13.2 Å². The number of nitrogens with one attached hydrogen (secondary N) is 1. The van der Waals surface area contributed by atoms with E-state index in [2.05, 4.69) is 24.2 Å². The van der Waals surface area contributed by atoms with Crippen molar-refractivity contribution in [2.75, 3.05) is 32.4 Å². The summed E-state index contributed by atoms with van der Waals surface area (Å²) < 4.78 is 36.3. The second kappa shape index (κ2) is 6.04. The third-order valence-corrected chi connectivity index (χ3v) is 3.93. The van der Waals surface area contributed by atoms with Gasteiger partial charge >= 0.3 is 6.18 Å². The van der Waals surface area contributed by atoms with Crippen molar-refractivity contribution in [1.82, 2.24) is 10.2 Å². The van der Waals surface area contributed by atoms with Gasteiger partial charge < -0.3 is 10.2 Å². The van der Waals surface area contributed by atoms with Crippen LogP contribution in [0.25, 0.3) is 0 Å². The molecule has 1 rings (SSSR count). The number of aliphatic imine (C=N–C) groups is 1. The number of hydrogen-bond donors (Lipinski definition) is 1. The molecular formula is C11H20F3N3S. The van der Waals surface area contributed by atoms with Crippen molar-refractivity contribution < 1.29 is 13.2 Å². The molecule has 0 amide bonds. The third kappa shape index (κ3) is 5.37. The lowest BCUT2D eigenvalue weighted by Gasteiger charge is -2.39. The topological polar surface area (TPSA) is 27.6 Å². The fourth-order valence-corrected chi connectivity index (χ4v) is 2.96. The molecule has 0 atom stereocenters. The van der Waals surface area contributed by atoms with Gasteiger partial charge in [-0.3, -0.25) is 4.99 Å². The zero-order valence-electron chi connectivity index (χ0n) is 11.0. The zero-order valence-corrected chi connectivity index (χ0v) is 11.8. The number of hydrogen-bond acceptors (Lipinski definition) is 2. The Morgan fingerprint density at radius 2 is 2.11 bits per heavy atom. The summed E-state index contributed by atoms with van der Waals surface area (Å²) in [6.07, 6.45) is -4.96. The molecule has 0 spiro atoms. The lowest BCUT2D eigenvalue weighted by molar-refractivity contribution is -0.132. The quantitative estimate of drug-likeness (QED) is 0.623. The lowest BCUT2D eigenvalue weighted by atomic mass is 10.2. The minimum Gasteiger partial charge on any atom is -0.356 e. The first-order valence-corrected chi connectivity index (χ1v) is 6.88. The summed E-state index contributed by atoms with van der Waals surface area (Å²) in [5.74, 6) is 1.53. The van der Waals surface area contributed by atoms with Gasteiger partial charge in [-0.15, -0.1) is 0 Å². The highest BCUT2D eigenvalue weighted by Gasteiger charge is 2.30. The van der Waals surface area contributed by atoms with Crippen LogP contribution >= 0.6 is 11.8 Å². The summed E-state index contributed by atoms with van der Waals surface area (Å²) in [5, 5.41) is 2.78. The molecule has 0 aromatic carbocycles. The van der Waals surface area contributed by atoms with Crippen LogP contribution in [-0.4, -0.2) is 54.2 Å². The van der Waals surface area contributed by atoms with Crippen LogP contribution in [-0.2, 0) is 0 Å². The Labute approximate surface area is 110 Å². The Kier molecular flexibility index (Phi) is 5.19. The maximum Gasteiger partial charge on any atom is 0.390 e. The number of rotatable bonds is 2. The summed E-state index contributed by atoms with van der Waals surface area (Å²) in [6, 6.07) is 0. The van der Waals surface area contributed by atoms with Gasteiger partial charge in [-0.25, -0.2) is 0 Å². The largest absolute Gasteiger partial charge is 0.390 e. The van der Waals surface area contributed by atoms with Crippen molar-refractivity contribution >= 4 is 17.7 Å². The molecule has 0 bridgehead atoms. The Bertz CT molecular complexity index is 302. The minimum atomic E-state index is -4.12. The molecule has 1 saturated heterocycles. The van der Waals surface area contributed by atoms with Gasteiger partial charge in [0.1, 0.15) is 0 Å². The molecule has 0 aromatic heterocycles. The highest BCUT2D eigenvalue weighted by atomic mass is 32.2. The second-order valence-electron chi connectivity index (χ2n) is 4.87. The molecule has 1 fully saturated rings. The molecule has 18 heavy (non-hydrogen) atoms. The van der Waals surface area contributed by atoms with Gasteiger partial charge in [0.05, 0.1) is 6.42 Å². The van der Waals surface area contributed by atoms with E-state index in [1.54, 1.807) is 7.05 Å². The van der Waals surface area contributed by atoms with E-state index in [1.807, 2.05) is 16.7 Å². The van der Waals surface area contributed by atoms with Crippen LogP contribution < -0.4 is 5.32 Å². The molecule has 0 radical (unpaired) electrons. The van der Waals surface area contributed by atoms with E-state index in [0.29, 0.717) is 5.96 Å². The number of thioether (sulfide) groups is 1. The van der Waals surface area contributed by atoms with Crippen molar-refractivity contribution in [2.45, 2.75) is 31.2 Å². The number of halogens is 3. The Hall–Kier alpha value is -0.590. The zero-order chi connectivity index (χ0) is 13.8. The van der Waals surface area contributed by atoms with Crippen LogP contribution in [0.15, 0.2) is 4.99 Å². The molecule has 0 aliphatic carbocycles. The van der Waals surface area contributed by atoms with E-state index in [1.165, 1.54) is 0 Å². The number of nitrogens with zero attached hydrogens (tertiary/aromatic N) is 2. The van der Waals surface area contributed by atoms with Crippen LogP contribution in [0.1, 0.15) is 20.3 Å².